The molecule has 0 aliphatic carbocycles. The summed E-state index contributed by atoms with van der Waals surface area (Å²) < 4.78 is 4.39. The van der Waals surface area contributed by atoms with E-state index in [2.05, 4.69) is 27.8 Å². The lowest BCUT2D eigenvalue weighted by Crippen LogP contribution is -2.21. The molecule has 3 heterocycles. The Kier molecular flexibility index (Phi) is 4.32. The lowest BCUT2D eigenvalue weighted by molar-refractivity contribution is 0.433. The van der Waals surface area contributed by atoms with Crippen LogP contribution < -0.4 is 0 Å². The number of aromatic hydroxyl groups is 1. The van der Waals surface area contributed by atoms with Gasteiger partial charge in [-0.05, 0) is 66.2 Å². The average molecular weight is 458 g/mol. The quantitative estimate of drug-likeness (QED) is 0.284. The molecular weight excluding hydrogens is 438 g/mol. The maximum Gasteiger partial charge on any atom is 0.218 e. The highest BCUT2D eigenvalue weighted by Crippen LogP contribution is 2.43. The average Bonchev–Trinajstić information content (AvgIpc) is 3.27. The Hall–Kier alpha value is -3.28. The molecule has 6 rings (SSSR count). The third kappa shape index (κ3) is 2.78. The van der Waals surface area contributed by atoms with Crippen molar-refractivity contribution in [3.8, 4) is 11.6 Å². The molecule has 0 amide bonds. The zero-order chi connectivity index (χ0) is 22.0. The van der Waals surface area contributed by atoms with Crippen molar-refractivity contribution in [2.45, 2.75) is 19.4 Å². The fraction of sp³-hybridized carbons (Fsp3) is 0.115. The van der Waals surface area contributed by atoms with Gasteiger partial charge in [-0.15, -0.1) is 0 Å². The van der Waals surface area contributed by atoms with E-state index in [9.17, 15) is 5.11 Å². The first kappa shape index (κ1) is 19.4. The van der Waals surface area contributed by atoms with Crippen LogP contribution in [-0.2, 0) is 6.42 Å². The van der Waals surface area contributed by atoms with Gasteiger partial charge in [0, 0.05) is 28.0 Å². The van der Waals surface area contributed by atoms with Crippen LogP contribution >= 0.6 is 23.8 Å². The third-order valence-electron chi connectivity index (χ3n) is 6.30. The van der Waals surface area contributed by atoms with Crippen molar-refractivity contribution >= 4 is 34.7 Å². The van der Waals surface area contributed by atoms with Gasteiger partial charge in [0.2, 0.25) is 5.88 Å². The van der Waals surface area contributed by atoms with Crippen LogP contribution in [0.1, 0.15) is 34.1 Å². The summed E-state index contributed by atoms with van der Waals surface area (Å²) in [6, 6.07) is 23.9. The number of halogens is 1. The van der Waals surface area contributed by atoms with Crippen molar-refractivity contribution in [3.05, 3.63) is 111 Å². The second kappa shape index (κ2) is 7.12. The first-order valence-electron chi connectivity index (χ1n) is 10.5. The minimum absolute atomic E-state index is 0.184. The van der Waals surface area contributed by atoms with E-state index in [0.29, 0.717) is 16.2 Å². The van der Waals surface area contributed by atoms with Gasteiger partial charge >= 0.3 is 0 Å². The van der Waals surface area contributed by atoms with Crippen LogP contribution in [0.2, 0.25) is 5.02 Å². The van der Waals surface area contributed by atoms with E-state index in [4.69, 9.17) is 23.8 Å². The number of aromatic nitrogens is 3. The molecule has 0 bridgehead atoms. The fourth-order valence-corrected chi connectivity index (χ4v) is 5.52. The number of aromatic amines is 1. The maximum atomic E-state index is 11.4. The molecule has 0 radical (unpaired) electrons. The number of imidazole rings is 1. The number of rotatable bonds is 2. The summed E-state index contributed by atoms with van der Waals surface area (Å²) in [6.07, 6.45) is 0.588. The third-order valence-corrected chi connectivity index (χ3v) is 6.92. The van der Waals surface area contributed by atoms with Crippen LogP contribution in [0.25, 0.3) is 16.6 Å². The first-order valence-corrected chi connectivity index (χ1v) is 11.3. The molecule has 0 spiro atoms. The number of fused-ring (bicyclic) bond motifs is 4. The van der Waals surface area contributed by atoms with E-state index >= 15 is 0 Å². The highest BCUT2D eigenvalue weighted by molar-refractivity contribution is 7.71. The summed E-state index contributed by atoms with van der Waals surface area (Å²) in [5.41, 5.74) is 7.12. The molecule has 6 heteroatoms. The highest BCUT2D eigenvalue weighted by atomic mass is 35.5. The predicted octanol–water partition coefficient (Wildman–Crippen LogP) is 6.70. The molecule has 32 heavy (non-hydrogen) atoms. The summed E-state index contributed by atoms with van der Waals surface area (Å²) >= 11 is 12.4. The van der Waals surface area contributed by atoms with Crippen molar-refractivity contribution in [3.63, 3.8) is 0 Å². The SMILES string of the molecule is Cc1cccc(-n2c(O)c3n(c2=S)C(c2cccc(Cl)c2)c2[nH]c4ccccc4c2C3)c1. The predicted molar refractivity (Wildman–Crippen MR) is 131 cm³/mol. The van der Waals surface area contributed by atoms with E-state index in [-0.39, 0.29) is 11.9 Å². The van der Waals surface area contributed by atoms with E-state index in [0.717, 1.165) is 39.1 Å². The molecule has 1 aliphatic rings. The van der Waals surface area contributed by atoms with Crippen molar-refractivity contribution in [2.24, 2.45) is 0 Å². The second-order valence-corrected chi connectivity index (χ2v) is 9.10. The van der Waals surface area contributed by atoms with Crippen LogP contribution in [0, 0.1) is 11.7 Å². The number of nitrogens with zero attached hydrogens (tertiary/aromatic N) is 2. The zero-order valence-corrected chi connectivity index (χ0v) is 18.9. The smallest absolute Gasteiger partial charge is 0.218 e. The van der Waals surface area contributed by atoms with Gasteiger partial charge in [-0.3, -0.25) is 4.57 Å². The molecule has 158 valence electrons. The standard InChI is InChI=1S/C26H20ClN3OS/c1-15-6-4-9-18(12-15)29-25(31)22-14-20-19-10-2-3-11-21(19)28-23(20)24(30(22)26(29)32)16-7-5-8-17(27)13-16/h2-13,24,28,31H,14H2,1H3. The Labute approximate surface area is 195 Å². The van der Waals surface area contributed by atoms with Crippen LogP contribution in [0.5, 0.6) is 5.88 Å². The van der Waals surface area contributed by atoms with E-state index in [1.165, 1.54) is 5.56 Å². The van der Waals surface area contributed by atoms with Gasteiger partial charge in [0.15, 0.2) is 4.77 Å². The lowest BCUT2D eigenvalue weighted by Gasteiger charge is -2.26. The van der Waals surface area contributed by atoms with Gasteiger partial charge in [0.05, 0.1) is 11.4 Å². The van der Waals surface area contributed by atoms with E-state index in [1.54, 1.807) is 4.57 Å². The molecular formula is C26H20ClN3OS. The molecule has 5 aromatic rings. The number of hydrogen-bond acceptors (Lipinski definition) is 2. The van der Waals surface area contributed by atoms with Crippen LogP contribution in [0.3, 0.4) is 0 Å². The Morgan fingerprint density at radius 2 is 1.84 bits per heavy atom. The number of nitrogens with one attached hydrogen (secondary N) is 1. The topological polar surface area (TPSA) is 45.9 Å². The lowest BCUT2D eigenvalue weighted by atomic mass is 9.93. The molecule has 4 nitrogen and oxygen atoms in total. The molecule has 1 aliphatic heterocycles. The van der Waals surface area contributed by atoms with E-state index < -0.39 is 0 Å². The van der Waals surface area contributed by atoms with Gasteiger partial charge in [-0.1, -0.05) is 54.1 Å². The minimum atomic E-state index is -0.218. The van der Waals surface area contributed by atoms with Crippen molar-refractivity contribution in [2.75, 3.05) is 0 Å². The molecule has 0 saturated carbocycles. The second-order valence-electron chi connectivity index (χ2n) is 8.29. The van der Waals surface area contributed by atoms with Crippen LogP contribution in [-0.4, -0.2) is 19.2 Å². The van der Waals surface area contributed by atoms with Crippen LogP contribution in [0.4, 0.5) is 0 Å². The Morgan fingerprint density at radius 1 is 1.03 bits per heavy atom. The molecule has 0 saturated heterocycles. The summed E-state index contributed by atoms with van der Waals surface area (Å²) in [6.45, 7) is 2.03. The number of para-hydroxylation sites is 1. The normalized spacial score (nSPS) is 15.0. The molecule has 1 atom stereocenters. The summed E-state index contributed by atoms with van der Waals surface area (Å²) in [4.78, 5) is 3.63. The van der Waals surface area contributed by atoms with Gasteiger partial charge in [0.1, 0.15) is 6.04 Å². The molecule has 0 fully saturated rings. The molecule has 3 aromatic carbocycles. The summed E-state index contributed by atoms with van der Waals surface area (Å²) in [7, 11) is 0. The van der Waals surface area contributed by atoms with Gasteiger partial charge in [0.25, 0.3) is 0 Å². The van der Waals surface area contributed by atoms with Gasteiger partial charge in [-0.2, -0.15) is 0 Å². The Balaban J connectivity index is 1.68. The van der Waals surface area contributed by atoms with Crippen LogP contribution in [0.15, 0.2) is 72.8 Å². The monoisotopic (exact) mass is 457 g/mol. The summed E-state index contributed by atoms with van der Waals surface area (Å²) in [5, 5.41) is 13.2. The number of H-pyrrole nitrogens is 1. The van der Waals surface area contributed by atoms with Crippen molar-refractivity contribution < 1.29 is 5.11 Å². The minimum Gasteiger partial charge on any atom is -0.493 e. The number of benzene rings is 3. The Morgan fingerprint density at radius 3 is 2.66 bits per heavy atom. The summed E-state index contributed by atoms with van der Waals surface area (Å²) in [5.74, 6) is 0.184. The first-order chi connectivity index (χ1) is 15.5. The van der Waals surface area contributed by atoms with Crippen molar-refractivity contribution in [1.29, 1.82) is 0 Å². The Bertz CT molecular complexity index is 1580. The number of hydrogen-bond donors (Lipinski definition) is 2. The van der Waals surface area contributed by atoms with E-state index in [1.807, 2.05) is 61.5 Å². The van der Waals surface area contributed by atoms with Crippen molar-refractivity contribution in [1.82, 2.24) is 14.1 Å². The number of aryl methyl sites for hydroxylation is 1. The maximum absolute atomic E-state index is 11.4. The van der Waals surface area contributed by atoms with Gasteiger partial charge < -0.3 is 14.7 Å². The van der Waals surface area contributed by atoms with Gasteiger partial charge in [-0.25, -0.2) is 0 Å². The fourth-order valence-electron chi connectivity index (χ4n) is 4.91. The largest absolute Gasteiger partial charge is 0.493 e. The molecule has 2 N–H and O–H groups in total. The molecule has 1 unspecified atom stereocenters. The highest BCUT2D eigenvalue weighted by Gasteiger charge is 2.34. The molecule has 2 aromatic heterocycles. The zero-order valence-electron chi connectivity index (χ0n) is 17.3.